The van der Waals surface area contributed by atoms with E-state index in [1.54, 1.807) is 34.9 Å². The van der Waals surface area contributed by atoms with E-state index < -0.39 is 6.04 Å². The average molecular weight is 496 g/mol. The van der Waals surface area contributed by atoms with Crippen molar-refractivity contribution in [1.82, 2.24) is 10.2 Å². The summed E-state index contributed by atoms with van der Waals surface area (Å²) in [6.07, 6.45) is 2.40. The van der Waals surface area contributed by atoms with Gasteiger partial charge in [0.25, 0.3) is 0 Å². The summed E-state index contributed by atoms with van der Waals surface area (Å²) in [5.74, 6) is 0.770. The third-order valence-corrected chi connectivity index (χ3v) is 7.02. The summed E-state index contributed by atoms with van der Waals surface area (Å²) in [5.41, 5.74) is 3.07. The van der Waals surface area contributed by atoms with E-state index in [9.17, 15) is 9.59 Å². The minimum atomic E-state index is -0.578. The molecule has 32 heavy (non-hydrogen) atoms. The molecule has 0 bridgehead atoms. The lowest BCUT2D eigenvalue weighted by Gasteiger charge is -2.31. The number of thioether (sulfide) groups is 1. The highest BCUT2D eigenvalue weighted by atomic mass is 35.5. The number of carbonyl (C=O) groups is 2. The first-order valence-corrected chi connectivity index (χ1v) is 12.9. The molecule has 174 valence electrons. The molecule has 1 atom stereocenters. The topological polar surface area (TPSA) is 49.4 Å². The Labute approximate surface area is 206 Å². The van der Waals surface area contributed by atoms with E-state index in [1.807, 2.05) is 19.1 Å². The minimum absolute atomic E-state index is 0.0999. The number of amides is 2. The minimum Gasteiger partial charge on any atom is -0.354 e. The van der Waals surface area contributed by atoms with Gasteiger partial charge in [-0.2, -0.15) is 0 Å². The predicted octanol–water partition coefficient (Wildman–Crippen LogP) is 6.26. The van der Waals surface area contributed by atoms with Gasteiger partial charge in [-0.25, -0.2) is 0 Å². The summed E-state index contributed by atoms with van der Waals surface area (Å²) >= 11 is 14.3. The molecule has 0 aliphatic rings. The van der Waals surface area contributed by atoms with Crippen LogP contribution in [0.25, 0.3) is 0 Å². The van der Waals surface area contributed by atoms with Gasteiger partial charge in [0.05, 0.1) is 5.75 Å². The second-order valence-corrected chi connectivity index (χ2v) is 9.51. The molecule has 2 amide bonds. The van der Waals surface area contributed by atoms with E-state index in [1.165, 1.54) is 11.1 Å². The van der Waals surface area contributed by atoms with E-state index in [4.69, 9.17) is 23.2 Å². The number of benzene rings is 2. The van der Waals surface area contributed by atoms with Gasteiger partial charge in [-0.15, -0.1) is 11.8 Å². The zero-order chi connectivity index (χ0) is 23.5. The number of aryl methyl sites for hydroxylation is 1. The van der Waals surface area contributed by atoms with Crippen molar-refractivity contribution in [2.75, 3.05) is 12.3 Å². The Bertz CT molecular complexity index is 887. The fourth-order valence-corrected chi connectivity index (χ4v) is 4.89. The van der Waals surface area contributed by atoms with Gasteiger partial charge >= 0.3 is 0 Å². The molecule has 2 rings (SSSR count). The van der Waals surface area contributed by atoms with Crippen molar-refractivity contribution in [3.8, 4) is 0 Å². The fourth-order valence-electron chi connectivity index (χ4n) is 3.38. The van der Waals surface area contributed by atoms with Crippen molar-refractivity contribution in [3.05, 3.63) is 69.2 Å². The van der Waals surface area contributed by atoms with Gasteiger partial charge < -0.3 is 10.2 Å². The summed E-state index contributed by atoms with van der Waals surface area (Å²) in [5, 5.41) is 3.95. The van der Waals surface area contributed by atoms with Crippen LogP contribution in [-0.2, 0) is 21.9 Å². The monoisotopic (exact) mass is 494 g/mol. The van der Waals surface area contributed by atoms with Gasteiger partial charge in [0.15, 0.2) is 0 Å². The summed E-state index contributed by atoms with van der Waals surface area (Å²) in [6.45, 7) is 6.85. The Kier molecular flexibility index (Phi) is 11.4. The van der Waals surface area contributed by atoms with Crippen LogP contribution in [0, 0.1) is 6.92 Å². The third kappa shape index (κ3) is 7.72. The summed E-state index contributed by atoms with van der Waals surface area (Å²) in [6, 6.07) is 12.8. The Morgan fingerprint density at radius 1 is 1.06 bits per heavy atom. The van der Waals surface area contributed by atoms with E-state index in [0.717, 1.165) is 18.6 Å². The number of nitrogens with one attached hydrogen (secondary N) is 1. The van der Waals surface area contributed by atoms with Gasteiger partial charge in [-0.1, -0.05) is 73.8 Å². The lowest BCUT2D eigenvalue weighted by molar-refractivity contribution is -0.139. The van der Waals surface area contributed by atoms with E-state index >= 15 is 0 Å². The van der Waals surface area contributed by atoms with Crippen LogP contribution in [0.1, 0.15) is 49.8 Å². The Balaban J connectivity index is 2.18. The molecule has 7 heteroatoms. The maximum atomic E-state index is 13.3. The average Bonchev–Trinajstić information content (AvgIpc) is 2.77. The first-order valence-electron chi connectivity index (χ1n) is 11.0. The van der Waals surface area contributed by atoms with Crippen molar-refractivity contribution in [3.63, 3.8) is 0 Å². The van der Waals surface area contributed by atoms with Crippen LogP contribution < -0.4 is 5.32 Å². The Morgan fingerprint density at radius 3 is 2.38 bits per heavy atom. The van der Waals surface area contributed by atoms with E-state index in [-0.39, 0.29) is 24.1 Å². The van der Waals surface area contributed by atoms with Crippen LogP contribution in [-0.4, -0.2) is 35.1 Å². The molecule has 0 heterocycles. The van der Waals surface area contributed by atoms with Gasteiger partial charge in [-0.3, -0.25) is 9.59 Å². The fraction of sp³-hybridized carbons (Fsp3) is 0.440. The lowest BCUT2D eigenvalue weighted by atomic mass is 10.1. The molecular formula is C25H32Cl2N2O2S. The molecule has 0 aliphatic heterocycles. The van der Waals surface area contributed by atoms with Gasteiger partial charge in [-0.05, 0) is 43.0 Å². The summed E-state index contributed by atoms with van der Waals surface area (Å²) in [4.78, 5) is 27.9. The normalized spacial score (nSPS) is 11.8. The second-order valence-electron chi connectivity index (χ2n) is 7.71. The van der Waals surface area contributed by atoms with Crippen molar-refractivity contribution in [2.24, 2.45) is 0 Å². The second kappa shape index (κ2) is 13.8. The Morgan fingerprint density at radius 2 is 1.75 bits per heavy atom. The maximum Gasteiger partial charge on any atom is 0.242 e. The number of halogens is 2. The number of rotatable bonds is 12. The first-order chi connectivity index (χ1) is 15.4. The van der Waals surface area contributed by atoms with Crippen molar-refractivity contribution in [2.45, 2.75) is 58.4 Å². The standard InChI is InChI=1S/C25H32Cl2N2O2S/c1-4-6-14-28-25(31)23(5-2)29(15-20-21(26)12-9-13-22(20)27)24(30)17-32-16-19-11-8-7-10-18(19)3/h7-13,23H,4-6,14-17H2,1-3H3,(H,28,31)/t23-/m0/s1. The first kappa shape index (κ1) is 26.6. The Hall–Kier alpha value is -1.69. The molecule has 0 aromatic heterocycles. The van der Waals surface area contributed by atoms with Crippen molar-refractivity contribution in [1.29, 1.82) is 0 Å². The summed E-state index contributed by atoms with van der Waals surface area (Å²) < 4.78 is 0. The van der Waals surface area contributed by atoms with E-state index in [0.29, 0.717) is 28.6 Å². The molecule has 0 spiro atoms. The zero-order valence-corrected chi connectivity index (χ0v) is 21.3. The molecule has 0 radical (unpaired) electrons. The SMILES string of the molecule is CCCCNC(=O)[C@H](CC)N(Cc1c(Cl)cccc1Cl)C(=O)CSCc1ccccc1C. The highest BCUT2D eigenvalue weighted by molar-refractivity contribution is 7.99. The maximum absolute atomic E-state index is 13.3. The van der Waals surface area contributed by atoms with Crippen LogP contribution in [0.4, 0.5) is 0 Å². The van der Waals surface area contributed by atoms with Crippen LogP contribution in [0.5, 0.6) is 0 Å². The van der Waals surface area contributed by atoms with Crippen molar-refractivity contribution < 1.29 is 9.59 Å². The quantitative estimate of drug-likeness (QED) is 0.354. The summed E-state index contributed by atoms with van der Waals surface area (Å²) in [7, 11) is 0. The molecule has 0 unspecified atom stereocenters. The van der Waals surface area contributed by atoms with Gasteiger partial charge in [0.2, 0.25) is 11.8 Å². The molecule has 0 fully saturated rings. The molecule has 1 N–H and O–H groups in total. The third-order valence-electron chi connectivity index (χ3n) is 5.35. The molecule has 2 aromatic rings. The lowest BCUT2D eigenvalue weighted by Crippen LogP contribution is -2.49. The van der Waals surface area contributed by atoms with Crippen LogP contribution in [0.3, 0.4) is 0 Å². The zero-order valence-electron chi connectivity index (χ0n) is 19.0. The number of nitrogens with zero attached hydrogens (tertiary/aromatic N) is 1. The van der Waals surface area contributed by atoms with Crippen LogP contribution >= 0.6 is 35.0 Å². The number of hydrogen-bond acceptors (Lipinski definition) is 3. The molecule has 4 nitrogen and oxygen atoms in total. The van der Waals surface area contributed by atoms with Crippen LogP contribution in [0.15, 0.2) is 42.5 Å². The molecule has 0 saturated heterocycles. The number of unbranched alkanes of at least 4 members (excludes halogenated alkanes) is 1. The molecular weight excluding hydrogens is 463 g/mol. The molecule has 2 aromatic carbocycles. The number of hydrogen-bond donors (Lipinski definition) is 1. The highest BCUT2D eigenvalue weighted by Crippen LogP contribution is 2.27. The van der Waals surface area contributed by atoms with E-state index in [2.05, 4.69) is 31.3 Å². The predicted molar refractivity (Wildman–Crippen MR) is 136 cm³/mol. The molecule has 0 aliphatic carbocycles. The smallest absolute Gasteiger partial charge is 0.242 e. The largest absolute Gasteiger partial charge is 0.354 e. The van der Waals surface area contributed by atoms with Gasteiger partial charge in [0.1, 0.15) is 6.04 Å². The highest BCUT2D eigenvalue weighted by Gasteiger charge is 2.29. The van der Waals surface area contributed by atoms with Gasteiger partial charge in [0, 0.05) is 34.5 Å². The molecule has 0 saturated carbocycles. The number of carbonyl (C=O) groups excluding carboxylic acids is 2. The van der Waals surface area contributed by atoms with Crippen LogP contribution in [0.2, 0.25) is 10.0 Å². The van der Waals surface area contributed by atoms with Crippen molar-refractivity contribution >= 4 is 46.8 Å².